The van der Waals surface area contributed by atoms with Crippen LogP contribution in [0.25, 0.3) is 0 Å². The van der Waals surface area contributed by atoms with E-state index < -0.39 is 0 Å². The van der Waals surface area contributed by atoms with Crippen LogP contribution in [0.4, 0.5) is 0 Å². The first-order valence-corrected chi connectivity index (χ1v) is 8.06. The molecule has 0 unspecified atom stereocenters. The van der Waals surface area contributed by atoms with Crippen LogP contribution in [0.15, 0.2) is 42.5 Å². The maximum atomic E-state index is 12.1. The smallest absolute Gasteiger partial charge is 0.260 e. The number of rotatable bonds is 7. The number of aryl methyl sites for hydroxylation is 2. The Morgan fingerprint density at radius 1 is 1.12 bits per heavy atom. The van der Waals surface area contributed by atoms with Crippen LogP contribution in [0.1, 0.15) is 16.7 Å². The van der Waals surface area contributed by atoms with Gasteiger partial charge in [0, 0.05) is 7.05 Å². The summed E-state index contributed by atoms with van der Waals surface area (Å²) in [6, 6.07) is 14.9. The van der Waals surface area contributed by atoms with Crippen molar-refractivity contribution in [3.63, 3.8) is 0 Å². The van der Waals surface area contributed by atoms with Crippen LogP contribution in [0.5, 0.6) is 11.5 Å². The van der Waals surface area contributed by atoms with E-state index in [1.165, 1.54) is 0 Å². The molecular formula is C20H22N2O3. The first-order chi connectivity index (χ1) is 12.0. The van der Waals surface area contributed by atoms with Crippen molar-refractivity contribution < 1.29 is 14.3 Å². The van der Waals surface area contributed by atoms with Crippen LogP contribution in [0.3, 0.4) is 0 Å². The molecule has 0 heterocycles. The second-order valence-electron chi connectivity index (χ2n) is 5.88. The van der Waals surface area contributed by atoms with Crippen LogP contribution in [0, 0.1) is 25.2 Å². The van der Waals surface area contributed by atoms with Gasteiger partial charge in [0.15, 0.2) is 6.61 Å². The fourth-order valence-electron chi connectivity index (χ4n) is 2.38. The van der Waals surface area contributed by atoms with Crippen molar-refractivity contribution in [3.8, 4) is 17.6 Å². The number of amides is 1. The zero-order chi connectivity index (χ0) is 18.2. The fourth-order valence-corrected chi connectivity index (χ4v) is 2.38. The zero-order valence-electron chi connectivity index (χ0n) is 14.8. The average molecular weight is 338 g/mol. The molecule has 2 aromatic carbocycles. The normalized spacial score (nSPS) is 10.0. The fraction of sp³-hybridized carbons (Fsp3) is 0.300. The summed E-state index contributed by atoms with van der Waals surface area (Å²) in [6.07, 6.45) is 0. The van der Waals surface area contributed by atoms with Gasteiger partial charge in [0.05, 0.1) is 12.1 Å². The summed E-state index contributed by atoms with van der Waals surface area (Å²) in [6.45, 7) is 4.78. The van der Waals surface area contributed by atoms with Crippen molar-refractivity contribution in [2.45, 2.75) is 13.8 Å². The van der Waals surface area contributed by atoms with Crippen LogP contribution < -0.4 is 9.47 Å². The Bertz CT molecular complexity index is 761. The molecule has 2 aromatic rings. The number of hydrogen-bond acceptors (Lipinski definition) is 4. The third kappa shape index (κ3) is 5.54. The molecule has 0 N–H and O–H groups in total. The van der Waals surface area contributed by atoms with Gasteiger partial charge in [-0.3, -0.25) is 4.79 Å². The molecule has 0 saturated heterocycles. The Labute approximate surface area is 148 Å². The predicted molar refractivity (Wildman–Crippen MR) is 95.7 cm³/mol. The number of ether oxygens (including phenoxy) is 2. The summed E-state index contributed by atoms with van der Waals surface area (Å²) in [7, 11) is 1.70. The number of likely N-dealkylation sites (N-methyl/N-ethyl adjacent to an activating group) is 1. The minimum Gasteiger partial charge on any atom is -0.492 e. The van der Waals surface area contributed by atoms with Crippen molar-refractivity contribution >= 4 is 5.91 Å². The van der Waals surface area contributed by atoms with Gasteiger partial charge in [-0.2, -0.15) is 5.26 Å². The van der Waals surface area contributed by atoms with E-state index in [4.69, 9.17) is 14.7 Å². The Balaban J connectivity index is 1.79. The lowest BCUT2D eigenvalue weighted by Gasteiger charge is -2.18. The van der Waals surface area contributed by atoms with Crippen LogP contribution >= 0.6 is 0 Å². The third-order valence-corrected chi connectivity index (χ3v) is 3.68. The molecule has 0 aliphatic heterocycles. The van der Waals surface area contributed by atoms with Gasteiger partial charge in [0.25, 0.3) is 5.91 Å². The standard InChI is InChI=1S/C20H22N2O3/c1-15-10-16(2)12-18(11-15)24-9-8-22(3)20(23)14-25-19-7-5-4-6-17(19)13-21/h4-7,10-12H,8-9,14H2,1-3H3. The molecule has 1 amide bonds. The molecule has 5 nitrogen and oxygen atoms in total. The molecular weight excluding hydrogens is 316 g/mol. The number of nitriles is 1. The lowest BCUT2D eigenvalue weighted by molar-refractivity contribution is -0.132. The maximum absolute atomic E-state index is 12.1. The molecule has 0 radical (unpaired) electrons. The van der Waals surface area contributed by atoms with Crippen molar-refractivity contribution in [3.05, 3.63) is 59.2 Å². The zero-order valence-corrected chi connectivity index (χ0v) is 14.8. The number of nitrogens with zero attached hydrogens (tertiary/aromatic N) is 2. The van der Waals surface area contributed by atoms with Gasteiger partial charge in [-0.05, 0) is 49.2 Å². The molecule has 5 heteroatoms. The highest BCUT2D eigenvalue weighted by atomic mass is 16.5. The monoisotopic (exact) mass is 338 g/mol. The van der Waals surface area contributed by atoms with Crippen molar-refractivity contribution in [2.75, 3.05) is 26.8 Å². The van der Waals surface area contributed by atoms with E-state index in [1.807, 2.05) is 32.0 Å². The summed E-state index contributed by atoms with van der Waals surface area (Å²) in [5.41, 5.74) is 2.70. The largest absolute Gasteiger partial charge is 0.492 e. The van der Waals surface area contributed by atoms with Crippen molar-refractivity contribution in [1.82, 2.24) is 4.90 Å². The van der Waals surface area contributed by atoms with E-state index >= 15 is 0 Å². The molecule has 0 spiro atoms. The van der Waals surface area contributed by atoms with Gasteiger partial charge in [0.2, 0.25) is 0 Å². The second kappa shape index (κ2) is 8.74. The molecule has 0 aliphatic rings. The first-order valence-electron chi connectivity index (χ1n) is 8.06. The van der Waals surface area contributed by atoms with Gasteiger partial charge in [0.1, 0.15) is 24.2 Å². The molecule has 0 atom stereocenters. The van der Waals surface area contributed by atoms with Gasteiger partial charge in [-0.15, -0.1) is 0 Å². The van der Waals surface area contributed by atoms with Gasteiger partial charge >= 0.3 is 0 Å². The summed E-state index contributed by atoms with van der Waals surface area (Å²) in [5.74, 6) is 1.05. The Hall–Kier alpha value is -3.00. The summed E-state index contributed by atoms with van der Waals surface area (Å²) in [4.78, 5) is 13.7. The minimum absolute atomic E-state index is 0.112. The van der Waals surface area contributed by atoms with Crippen molar-refractivity contribution in [2.24, 2.45) is 0 Å². The van der Waals surface area contributed by atoms with Gasteiger partial charge in [-0.25, -0.2) is 0 Å². The molecule has 0 saturated carbocycles. The molecule has 0 bridgehead atoms. The quantitative estimate of drug-likeness (QED) is 0.778. The van der Waals surface area contributed by atoms with E-state index in [9.17, 15) is 4.79 Å². The van der Waals surface area contributed by atoms with Crippen LogP contribution in [0.2, 0.25) is 0 Å². The third-order valence-electron chi connectivity index (χ3n) is 3.68. The van der Waals surface area contributed by atoms with E-state index in [-0.39, 0.29) is 12.5 Å². The van der Waals surface area contributed by atoms with E-state index in [0.717, 1.165) is 16.9 Å². The molecule has 130 valence electrons. The summed E-state index contributed by atoms with van der Waals surface area (Å²) in [5, 5.41) is 9.01. The highest BCUT2D eigenvalue weighted by Gasteiger charge is 2.11. The second-order valence-corrected chi connectivity index (χ2v) is 5.88. The molecule has 25 heavy (non-hydrogen) atoms. The number of benzene rings is 2. The summed E-state index contributed by atoms with van der Waals surface area (Å²) >= 11 is 0. The minimum atomic E-state index is -0.170. The Kier molecular flexibility index (Phi) is 6.41. The molecule has 0 aliphatic carbocycles. The highest BCUT2D eigenvalue weighted by Crippen LogP contribution is 2.17. The van der Waals surface area contributed by atoms with Gasteiger partial charge < -0.3 is 14.4 Å². The van der Waals surface area contributed by atoms with Crippen molar-refractivity contribution in [1.29, 1.82) is 5.26 Å². The predicted octanol–water partition coefficient (Wildman–Crippen LogP) is 3.09. The number of para-hydroxylation sites is 1. The first kappa shape index (κ1) is 18.3. The average Bonchev–Trinajstić information content (AvgIpc) is 2.58. The molecule has 0 fully saturated rings. The van der Waals surface area contributed by atoms with E-state index in [0.29, 0.717) is 24.5 Å². The van der Waals surface area contributed by atoms with Crippen LogP contribution in [-0.2, 0) is 4.79 Å². The lowest BCUT2D eigenvalue weighted by Crippen LogP contribution is -2.34. The lowest BCUT2D eigenvalue weighted by atomic mass is 10.1. The number of carbonyl (C=O) groups excluding carboxylic acids is 1. The van der Waals surface area contributed by atoms with E-state index in [1.54, 1.807) is 36.2 Å². The van der Waals surface area contributed by atoms with Gasteiger partial charge in [-0.1, -0.05) is 18.2 Å². The Morgan fingerprint density at radius 2 is 1.80 bits per heavy atom. The van der Waals surface area contributed by atoms with Crippen LogP contribution in [-0.4, -0.2) is 37.6 Å². The highest BCUT2D eigenvalue weighted by molar-refractivity contribution is 5.77. The summed E-state index contributed by atoms with van der Waals surface area (Å²) < 4.78 is 11.2. The Morgan fingerprint density at radius 3 is 2.48 bits per heavy atom. The maximum Gasteiger partial charge on any atom is 0.260 e. The SMILES string of the molecule is Cc1cc(C)cc(OCCN(C)C(=O)COc2ccccc2C#N)c1. The topological polar surface area (TPSA) is 62.6 Å². The number of hydrogen-bond donors (Lipinski definition) is 0. The molecule has 2 rings (SSSR count). The molecule has 0 aromatic heterocycles. The van der Waals surface area contributed by atoms with E-state index in [2.05, 4.69) is 6.07 Å². The number of carbonyl (C=O) groups is 1.